The van der Waals surface area contributed by atoms with Crippen LogP contribution in [0.2, 0.25) is 0 Å². The van der Waals surface area contributed by atoms with Crippen molar-refractivity contribution in [2.75, 3.05) is 13.2 Å². The molecule has 0 aliphatic carbocycles. The number of hydrogen-bond donors (Lipinski definition) is 0. The van der Waals surface area contributed by atoms with E-state index < -0.39 is 0 Å². The zero-order valence-corrected chi connectivity index (χ0v) is 14.5. The second kappa shape index (κ2) is 6.57. The third kappa shape index (κ3) is 3.21. The molecule has 0 saturated heterocycles. The number of fused-ring (bicyclic) bond motifs is 2. The van der Waals surface area contributed by atoms with Crippen LogP contribution in [0.5, 0.6) is 11.5 Å². The largest absolute Gasteiger partial charge is 0.486 e. The molecule has 2 heterocycles. The molecule has 2 aromatic carbocycles. The van der Waals surface area contributed by atoms with Crippen molar-refractivity contribution in [3.05, 3.63) is 58.9 Å². The van der Waals surface area contributed by atoms with Gasteiger partial charge in [-0.1, -0.05) is 41.7 Å². The Bertz CT molecular complexity index is 1030. The molecule has 1 aliphatic heterocycles. The zero-order valence-electron chi connectivity index (χ0n) is 13.6. The van der Waals surface area contributed by atoms with Gasteiger partial charge < -0.3 is 14.0 Å². The molecular formula is C19H16N2O3S. The molecule has 1 amide bonds. The molecule has 5 nitrogen and oxygen atoms in total. The van der Waals surface area contributed by atoms with Gasteiger partial charge in [0.05, 0.1) is 10.2 Å². The fourth-order valence-corrected chi connectivity index (χ4v) is 3.67. The van der Waals surface area contributed by atoms with Gasteiger partial charge in [0.25, 0.3) is 5.91 Å². The van der Waals surface area contributed by atoms with Crippen molar-refractivity contribution >= 4 is 33.5 Å². The summed E-state index contributed by atoms with van der Waals surface area (Å²) in [6.07, 6.45) is 3.25. The van der Waals surface area contributed by atoms with E-state index >= 15 is 0 Å². The topological polar surface area (TPSA) is 52.8 Å². The average molecular weight is 352 g/mol. The molecule has 0 bridgehead atoms. The molecule has 3 aromatic rings. The van der Waals surface area contributed by atoms with Crippen LogP contribution in [-0.2, 0) is 11.8 Å². The van der Waals surface area contributed by atoms with Crippen molar-refractivity contribution in [1.82, 2.24) is 4.57 Å². The summed E-state index contributed by atoms with van der Waals surface area (Å²) in [5, 5.41) is 0. The second-order valence-corrected chi connectivity index (χ2v) is 6.61. The van der Waals surface area contributed by atoms with Gasteiger partial charge in [0.15, 0.2) is 16.3 Å². The average Bonchev–Trinajstić information content (AvgIpc) is 2.94. The molecule has 126 valence electrons. The van der Waals surface area contributed by atoms with E-state index in [0.717, 1.165) is 27.3 Å². The fraction of sp³-hybridized carbons (Fsp3) is 0.158. The van der Waals surface area contributed by atoms with E-state index in [1.165, 1.54) is 17.4 Å². The van der Waals surface area contributed by atoms with Crippen LogP contribution in [0.3, 0.4) is 0 Å². The highest BCUT2D eigenvalue weighted by Crippen LogP contribution is 2.35. The Kier molecular flexibility index (Phi) is 4.11. The van der Waals surface area contributed by atoms with E-state index in [4.69, 9.17) is 9.47 Å². The van der Waals surface area contributed by atoms with E-state index in [9.17, 15) is 4.79 Å². The molecular weight excluding hydrogens is 336 g/mol. The zero-order chi connectivity index (χ0) is 17.2. The standard InChI is InChI=1S/C19H16N2O3S/c1-21-14-11-15-16(24-10-9-23-15)12-17(14)25-19(21)20-18(22)8-7-13-5-3-2-4-6-13/h2-8,11-12H,9-10H2,1H3/b8-7+,20-19?. The summed E-state index contributed by atoms with van der Waals surface area (Å²) in [5.74, 6) is 1.18. The number of benzene rings is 2. The molecule has 1 aromatic heterocycles. The number of carbonyl (C=O) groups is 1. The first-order chi connectivity index (χ1) is 12.2. The van der Waals surface area contributed by atoms with Gasteiger partial charge in [-0.15, -0.1) is 0 Å². The van der Waals surface area contributed by atoms with Crippen molar-refractivity contribution in [3.8, 4) is 11.5 Å². The summed E-state index contributed by atoms with van der Waals surface area (Å²) < 4.78 is 14.1. The summed E-state index contributed by atoms with van der Waals surface area (Å²) in [7, 11) is 1.89. The first-order valence-electron chi connectivity index (χ1n) is 7.92. The maximum atomic E-state index is 12.2. The highest BCUT2D eigenvalue weighted by Gasteiger charge is 2.15. The van der Waals surface area contributed by atoms with Crippen LogP contribution in [0.4, 0.5) is 0 Å². The van der Waals surface area contributed by atoms with Gasteiger partial charge in [-0.3, -0.25) is 4.79 Å². The van der Waals surface area contributed by atoms with Crippen molar-refractivity contribution in [2.24, 2.45) is 12.0 Å². The maximum Gasteiger partial charge on any atom is 0.272 e. The Hall–Kier alpha value is -2.86. The number of aryl methyl sites for hydroxylation is 1. The van der Waals surface area contributed by atoms with Crippen molar-refractivity contribution in [1.29, 1.82) is 0 Å². The van der Waals surface area contributed by atoms with Crippen LogP contribution in [0.25, 0.3) is 16.3 Å². The third-order valence-electron chi connectivity index (χ3n) is 3.90. The number of thiazole rings is 1. The Balaban J connectivity index is 1.68. The minimum Gasteiger partial charge on any atom is -0.486 e. The predicted molar refractivity (Wildman–Crippen MR) is 97.8 cm³/mol. The third-order valence-corrected chi connectivity index (χ3v) is 4.99. The molecule has 0 spiro atoms. The highest BCUT2D eigenvalue weighted by molar-refractivity contribution is 7.16. The monoisotopic (exact) mass is 352 g/mol. The lowest BCUT2D eigenvalue weighted by Gasteiger charge is -2.18. The Morgan fingerprint density at radius 2 is 1.88 bits per heavy atom. The quantitative estimate of drug-likeness (QED) is 0.666. The molecule has 6 heteroatoms. The maximum absolute atomic E-state index is 12.2. The molecule has 0 N–H and O–H groups in total. The summed E-state index contributed by atoms with van der Waals surface area (Å²) in [6, 6.07) is 13.6. The normalized spacial score (nSPS) is 14.4. The van der Waals surface area contributed by atoms with Gasteiger partial charge in [0.1, 0.15) is 13.2 Å². The lowest BCUT2D eigenvalue weighted by molar-refractivity contribution is -0.113. The van der Waals surface area contributed by atoms with Crippen LogP contribution in [-0.4, -0.2) is 23.7 Å². The lowest BCUT2D eigenvalue weighted by atomic mass is 10.2. The number of hydrogen-bond acceptors (Lipinski definition) is 4. The van der Waals surface area contributed by atoms with Crippen LogP contribution in [0.15, 0.2) is 53.5 Å². The summed E-state index contributed by atoms with van der Waals surface area (Å²) in [6.45, 7) is 1.10. The predicted octanol–water partition coefficient (Wildman–Crippen LogP) is 3.15. The van der Waals surface area contributed by atoms with Crippen molar-refractivity contribution in [2.45, 2.75) is 0 Å². The highest BCUT2D eigenvalue weighted by atomic mass is 32.1. The van der Waals surface area contributed by atoms with Gasteiger partial charge in [-0.2, -0.15) is 4.99 Å². The minimum atomic E-state index is -0.289. The van der Waals surface area contributed by atoms with E-state index in [2.05, 4.69) is 4.99 Å². The smallest absolute Gasteiger partial charge is 0.272 e. The van der Waals surface area contributed by atoms with Gasteiger partial charge in [-0.25, -0.2) is 0 Å². The van der Waals surface area contributed by atoms with Crippen molar-refractivity contribution in [3.63, 3.8) is 0 Å². The summed E-state index contributed by atoms with van der Waals surface area (Å²) in [4.78, 5) is 17.0. The molecule has 0 radical (unpaired) electrons. The minimum absolute atomic E-state index is 0.289. The Labute approximate surface area is 148 Å². The van der Waals surface area contributed by atoms with Gasteiger partial charge in [0.2, 0.25) is 0 Å². The molecule has 0 unspecified atom stereocenters. The van der Waals surface area contributed by atoms with E-state index in [-0.39, 0.29) is 5.91 Å². The van der Waals surface area contributed by atoms with Gasteiger partial charge in [-0.05, 0) is 11.6 Å². The number of ether oxygens (including phenoxy) is 2. The number of aromatic nitrogens is 1. The molecule has 25 heavy (non-hydrogen) atoms. The first kappa shape index (κ1) is 15.7. The van der Waals surface area contributed by atoms with Crippen LogP contribution in [0, 0.1) is 0 Å². The van der Waals surface area contributed by atoms with Crippen LogP contribution < -0.4 is 14.3 Å². The lowest BCUT2D eigenvalue weighted by Crippen LogP contribution is -2.15. The summed E-state index contributed by atoms with van der Waals surface area (Å²) in [5.41, 5.74) is 1.93. The molecule has 4 rings (SSSR count). The van der Waals surface area contributed by atoms with E-state index in [0.29, 0.717) is 18.0 Å². The molecule has 0 saturated carbocycles. The van der Waals surface area contributed by atoms with Crippen LogP contribution >= 0.6 is 11.3 Å². The van der Waals surface area contributed by atoms with Crippen LogP contribution in [0.1, 0.15) is 5.56 Å². The van der Waals surface area contributed by atoms with Gasteiger partial charge >= 0.3 is 0 Å². The first-order valence-corrected chi connectivity index (χ1v) is 8.73. The van der Waals surface area contributed by atoms with E-state index in [1.807, 2.05) is 54.1 Å². The van der Waals surface area contributed by atoms with Gasteiger partial charge in [0, 0.05) is 25.3 Å². The second-order valence-electron chi connectivity index (χ2n) is 5.60. The summed E-state index contributed by atoms with van der Waals surface area (Å²) >= 11 is 1.45. The van der Waals surface area contributed by atoms with Crippen molar-refractivity contribution < 1.29 is 14.3 Å². The Morgan fingerprint density at radius 1 is 1.16 bits per heavy atom. The number of amides is 1. The number of rotatable bonds is 2. The number of nitrogens with zero attached hydrogens (tertiary/aromatic N) is 2. The molecule has 0 fully saturated rings. The Morgan fingerprint density at radius 3 is 2.64 bits per heavy atom. The SMILES string of the molecule is Cn1c(=NC(=O)/C=C/c2ccccc2)sc2cc3c(cc21)OCCO3. The van der Waals surface area contributed by atoms with E-state index in [1.54, 1.807) is 6.08 Å². The fourth-order valence-electron chi connectivity index (χ4n) is 2.63. The molecule has 0 atom stereocenters. The molecule has 1 aliphatic rings. The number of carbonyl (C=O) groups excluding carboxylic acids is 1.